The molecule has 0 bridgehead atoms. The molecule has 0 atom stereocenters. The van der Waals surface area contributed by atoms with Gasteiger partial charge >= 0.3 is 6.09 Å². The Labute approximate surface area is 186 Å². The minimum absolute atomic E-state index is 0.0118. The van der Waals surface area contributed by atoms with Crippen molar-refractivity contribution >= 4 is 17.9 Å². The standard InChI is InChI=1S/C14H24N2O3.C9H16N2O/c1-13(2,3)19-12(18)15-8-6-7-10-9-14(4,5)16-11(10)17;1-9(2)6-7(4-3-5-10)8(12)11-9/h7H,6,8-9H2,1-5H3,(H,15,18)(H,16,17);4H,3,5-6,10H2,1-2H3,(H,11,12). The highest BCUT2D eigenvalue weighted by Crippen LogP contribution is 2.24. The van der Waals surface area contributed by atoms with E-state index in [1.54, 1.807) is 0 Å². The Morgan fingerprint density at radius 3 is 1.81 bits per heavy atom. The minimum Gasteiger partial charge on any atom is -0.444 e. The Hall–Kier alpha value is -2.35. The number of nitrogens with two attached hydrogens (primary N) is 1. The summed E-state index contributed by atoms with van der Waals surface area (Å²) in [7, 11) is 0. The molecule has 176 valence electrons. The number of alkyl carbamates (subject to hydrolysis) is 1. The average Bonchev–Trinajstić information content (AvgIpc) is 3.01. The molecule has 0 aliphatic carbocycles. The zero-order valence-electron chi connectivity index (χ0n) is 20.1. The molecule has 3 amide bonds. The van der Waals surface area contributed by atoms with Crippen LogP contribution in [0.1, 0.15) is 74.1 Å². The summed E-state index contributed by atoms with van der Waals surface area (Å²) in [6, 6.07) is 0. The summed E-state index contributed by atoms with van der Waals surface area (Å²) >= 11 is 0. The van der Waals surface area contributed by atoms with Crippen LogP contribution in [0.5, 0.6) is 0 Å². The SMILES string of the molecule is CC1(C)CC(=CCCN)C(=O)N1.CC1(C)CC(=CCCNC(=O)OC(C)(C)C)C(=O)N1. The van der Waals surface area contributed by atoms with Gasteiger partial charge in [-0.1, -0.05) is 12.2 Å². The fraction of sp³-hybridized carbons (Fsp3) is 0.696. The second-order valence-electron chi connectivity index (χ2n) is 10.3. The van der Waals surface area contributed by atoms with E-state index >= 15 is 0 Å². The van der Waals surface area contributed by atoms with Gasteiger partial charge in [0.25, 0.3) is 0 Å². The maximum absolute atomic E-state index is 11.6. The third-order valence-corrected chi connectivity index (χ3v) is 4.51. The van der Waals surface area contributed by atoms with Crippen LogP contribution in [0.15, 0.2) is 23.3 Å². The zero-order valence-corrected chi connectivity index (χ0v) is 20.1. The van der Waals surface area contributed by atoms with Crippen molar-refractivity contribution in [1.82, 2.24) is 16.0 Å². The van der Waals surface area contributed by atoms with Crippen molar-refractivity contribution in [3.05, 3.63) is 23.3 Å². The van der Waals surface area contributed by atoms with Crippen LogP contribution in [-0.2, 0) is 14.3 Å². The van der Waals surface area contributed by atoms with Crippen LogP contribution < -0.4 is 21.7 Å². The van der Waals surface area contributed by atoms with E-state index in [-0.39, 0.29) is 22.9 Å². The van der Waals surface area contributed by atoms with E-state index < -0.39 is 11.7 Å². The van der Waals surface area contributed by atoms with Gasteiger partial charge in [-0.3, -0.25) is 9.59 Å². The normalized spacial score (nSPS) is 21.9. The zero-order chi connectivity index (χ0) is 23.9. The van der Waals surface area contributed by atoms with Crippen LogP contribution in [0.4, 0.5) is 4.79 Å². The van der Waals surface area contributed by atoms with Crippen molar-refractivity contribution in [3.8, 4) is 0 Å². The summed E-state index contributed by atoms with van der Waals surface area (Å²) < 4.78 is 5.11. The quantitative estimate of drug-likeness (QED) is 0.390. The molecule has 2 rings (SSSR count). The molecule has 2 aliphatic rings. The monoisotopic (exact) mass is 436 g/mol. The molecular formula is C23H40N4O4. The number of carbonyl (C=O) groups is 3. The minimum atomic E-state index is -0.488. The van der Waals surface area contributed by atoms with Crippen LogP contribution in [0.2, 0.25) is 0 Å². The predicted octanol–water partition coefficient (Wildman–Crippen LogP) is 2.69. The predicted molar refractivity (Wildman–Crippen MR) is 122 cm³/mol. The van der Waals surface area contributed by atoms with E-state index in [1.165, 1.54) is 0 Å². The van der Waals surface area contributed by atoms with Crippen molar-refractivity contribution in [1.29, 1.82) is 0 Å². The first-order valence-corrected chi connectivity index (χ1v) is 10.8. The third kappa shape index (κ3) is 10.5. The molecule has 2 heterocycles. The molecule has 8 nitrogen and oxygen atoms in total. The molecule has 8 heteroatoms. The number of carbonyl (C=O) groups excluding carboxylic acids is 3. The molecule has 2 saturated heterocycles. The topological polar surface area (TPSA) is 123 Å². The lowest BCUT2D eigenvalue weighted by atomic mass is 10.0. The Morgan fingerprint density at radius 1 is 1.00 bits per heavy atom. The molecule has 0 radical (unpaired) electrons. The molecule has 0 aromatic rings. The highest BCUT2D eigenvalue weighted by Gasteiger charge is 2.32. The molecule has 5 N–H and O–H groups in total. The summed E-state index contributed by atoms with van der Waals surface area (Å²) in [4.78, 5) is 34.3. The van der Waals surface area contributed by atoms with Gasteiger partial charge in [0.1, 0.15) is 5.60 Å². The average molecular weight is 437 g/mol. The Kier molecular flexibility index (Phi) is 9.29. The van der Waals surface area contributed by atoms with Gasteiger partial charge in [-0.25, -0.2) is 4.79 Å². The fourth-order valence-electron chi connectivity index (χ4n) is 3.30. The molecule has 0 saturated carbocycles. The number of ether oxygens (including phenoxy) is 1. The Morgan fingerprint density at radius 2 is 1.45 bits per heavy atom. The summed E-state index contributed by atoms with van der Waals surface area (Å²) in [5, 5.41) is 8.47. The summed E-state index contributed by atoms with van der Waals surface area (Å²) in [5.41, 5.74) is 6.29. The molecule has 0 spiro atoms. The van der Waals surface area contributed by atoms with Crippen molar-refractivity contribution in [2.24, 2.45) is 5.73 Å². The van der Waals surface area contributed by atoms with E-state index in [1.807, 2.05) is 60.6 Å². The summed E-state index contributed by atoms with van der Waals surface area (Å²) in [6.45, 7) is 14.6. The molecule has 0 aromatic heterocycles. The second-order valence-corrected chi connectivity index (χ2v) is 10.3. The van der Waals surface area contributed by atoms with Gasteiger partial charge in [-0.15, -0.1) is 0 Å². The van der Waals surface area contributed by atoms with Crippen molar-refractivity contribution in [3.63, 3.8) is 0 Å². The van der Waals surface area contributed by atoms with E-state index in [4.69, 9.17) is 10.5 Å². The van der Waals surface area contributed by atoms with Crippen LogP contribution >= 0.6 is 0 Å². The van der Waals surface area contributed by atoms with Gasteiger partial charge in [0.05, 0.1) is 0 Å². The lowest BCUT2D eigenvalue weighted by molar-refractivity contribution is -0.117. The summed E-state index contributed by atoms with van der Waals surface area (Å²) in [5.74, 6) is 0.0516. The molecule has 2 fully saturated rings. The first kappa shape index (κ1) is 26.7. The van der Waals surface area contributed by atoms with E-state index in [0.29, 0.717) is 19.5 Å². The largest absolute Gasteiger partial charge is 0.444 e. The van der Waals surface area contributed by atoms with Crippen molar-refractivity contribution < 1.29 is 19.1 Å². The first-order chi connectivity index (χ1) is 14.1. The van der Waals surface area contributed by atoms with Gasteiger partial charge in [-0.05, 0) is 67.9 Å². The lowest BCUT2D eigenvalue weighted by Crippen LogP contribution is -2.34. The molecule has 0 unspecified atom stereocenters. The highest BCUT2D eigenvalue weighted by molar-refractivity contribution is 5.97. The van der Waals surface area contributed by atoms with Gasteiger partial charge in [0, 0.05) is 41.6 Å². The first-order valence-electron chi connectivity index (χ1n) is 10.8. The molecular weight excluding hydrogens is 396 g/mol. The molecule has 2 aliphatic heterocycles. The van der Waals surface area contributed by atoms with Crippen LogP contribution in [0.3, 0.4) is 0 Å². The maximum Gasteiger partial charge on any atom is 0.407 e. The van der Waals surface area contributed by atoms with Gasteiger partial charge in [-0.2, -0.15) is 0 Å². The lowest BCUT2D eigenvalue weighted by Gasteiger charge is -2.19. The fourth-order valence-corrected chi connectivity index (χ4v) is 3.30. The molecule has 0 aromatic carbocycles. The summed E-state index contributed by atoms with van der Waals surface area (Å²) in [6.07, 6.45) is 6.33. The van der Waals surface area contributed by atoms with Crippen molar-refractivity contribution in [2.75, 3.05) is 13.1 Å². The van der Waals surface area contributed by atoms with Crippen molar-refractivity contribution in [2.45, 2.75) is 90.8 Å². The maximum atomic E-state index is 11.6. The third-order valence-electron chi connectivity index (χ3n) is 4.51. The number of hydrogen-bond donors (Lipinski definition) is 4. The van der Waals surface area contributed by atoms with E-state index in [9.17, 15) is 14.4 Å². The second kappa shape index (κ2) is 10.8. The number of nitrogens with one attached hydrogen (secondary N) is 3. The van der Waals surface area contributed by atoms with Gasteiger partial charge < -0.3 is 26.4 Å². The molecule has 31 heavy (non-hydrogen) atoms. The Balaban J connectivity index is 0.000000343. The Bertz CT molecular complexity index is 730. The van der Waals surface area contributed by atoms with Crippen LogP contribution in [0, 0.1) is 0 Å². The van der Waals surface area contributed by atoms with Crippen LogP contribution in [-0.4, -0.2) is 47.7 Å². The highest BCUT2D eigenvalue weighted by atomic mass is 16.6. The van der Waals surface area contributed by atoms with Gasteiger partial charge in [0.2, 0.25) is 11.8 Å². The smallest absolute Gasteiger partial charge is 0.407 e. The van der Waals surface area contributed by atoms with E-state index in [0.717, 1.165) is 30.4 Å². The van der Waals surface area contributed by atoms with Gasteiger partial charge in [0.15, 0.2) is 0 Å². The van der Waals surface area contributed by atoms with Crippen LogP contribution in [0.25, 0.3) is 0 Å². The number of amides is 3. The van der Waals surface area contributed by atoms with E-state index in [2.05, 4.69) is 16.0 Å². The number of rotatable bonds is 5. The number of hydrogen-bond acceptors (Lipinski definition) is 5.